The molecule has 7 heteroatoms. The summed E-state index contributed by atoms with van der Waals surface area (Å²) < 4.78 is 37.9. The predicted molar refractivity (Wildman–Crippen MR) is 87.6 cm³/mol. The summed E-state index contributed by atoms with van der Waals surface area (Å²) in [4.78, 5) is 11.8. The second-order valence-corrected chi connectivity index (χ2v) is 5.31. The van der Waals surface area contributed by atoms with E-state index in [1.54, 1.807) is 6.07 Å². The molecule has 0 atom stereocenters. The Labute approximate surface area is 143 Å². The Morgan fingerprint density at radius 1 is 1.12 bits per heavy atom. The van der Waals surface area contributed by atoms with Crippen LogP contribution in [0, 0.1) is 11.3 Å². The first-order valence-corrected chi connectivity index (χ1v) is 7.56. The lowest BCUT2D eigenvalue weighted by Gasteiger charge is -2.11. The van der Waals surface area contributed by atoms with Crippen molar-refractivity contribution in [3.63, 3.8) is 0 Å². The van der Waals surface area contributed by atoms with Gasteiger partial charge in [0, 0.05) is 19.5 Å². The molecule has 0 aliphatic rings. The number of nitrogens with zero attached hydrogens (tertiary/aromatic N) is 1. The summed E-state index contributed by atoms with van der Waals surface area (Å²) in [6.07, 6.45) is -4.36. The molecule has 0 fully saturated rings. The van der Waals surface area contributed by atoms with Crippen molar-refractivity contribution in [1.82, 2.24) is 5.32 Å². The van der Waals surface area contributed by atoms with Crippen LogP contribution < -0.4 is 10.6 Å². The Kier molecular flexibility index (Phi) is 6.01. The Bertz CT molecular complexity index is 767. The first-order chi connectivity index (χ1) is 11.9. The molecule has 2 rings (SSSR count). The Morgan fingerprint density at radius 3 is 2.48 bits per heavy atom. The summed E-state index contributed by atoms with van der Waals surface area (Å²) >= 11 is 0. The van der Waals surface area contributed by atoms with Crippen molar-refractivity contribution in [2.45, 2.75) is 19.1 Å². The van der Waals surface area contributed by atoms with Gasteiger partial charge in [0.1, 0.15) is 6.07 Å². The minimum Gasteiger partial charge on any atom is -0.383 e. The number of hydrogen-bond acceptors (Lipinski definition) is 3. The van der Waals surface area contributed by atoms with Gasteiger partial charge in [-0.2, -0.15) is 18.4 Å². The van der Waals surface area contributed by atoms with Crippen LogP contribution in [0.25, 0.3) is 0 Å². The van der Waals surface area contributed by atoms with Crippen molar-refractivity contribution in [3.8, 4) is 6.07 Å². The van der Waals surface area contributed by atoms with Crippen molar-refractivity contribution in [2.75, 3.05) is 11.9 Å². The predicted octanol–water partition coefficient (Wildman–Crippen LogP) is 3.70. The molecule has 25 heavy (non-hydrogen) atoms. The van der Waals surface area contributed by atoms with E-state index in [2.05, 4.69) is 10.6 Å². The molecule has 0 saturated heterocycles. The molecule has 0 aliphatic carbocycles. The van der Waals surface area contributed by atoms with Crippen molar-refractivity contribution in [3.05, 3.63) is 65.2 Å². The molecule has 4 nitrogen and oxygen atoms in total. The number of amides is 1. The number of rotatable bonds is 6. The second kappa shape index (κ2) is 8.20. The molecule has 0 aromatic heterocycles. The van der Waals surface area contributed by atoms with E-state index < -0.39 is 11.7 Å². The van der Waals surface area contributed by atoms with Crippen LogP contribution in [0.3, 0.4) is 0 Å². The molecule has 0 radical (unpaired) electrons. The van der Waals surface area contributed by atoms with E-state index in [0.29, 0.717) is 6.54 Å². The third-order valence-electron chi connectivity index (χ3n) is 3.47. The monoisotopic (exact) mass is 347 g/mol. The fourth-order valence-electron chi connectivity index (χ4n) is 2.16. The van der Waals surface area contributed by atoms with Gasteiger partial charge in [0.05, 0.1) is 16.8 Å². The van der Waals surface area contributed by atoms with Gasteiger partial charge in [-0.3, -0.25) is 4.79 Å². The third kappa shape index (κ3) is 5.53. The van der Waals surface area contributed by atoms with Gasteiger partial charge < -0.3 is 10.6 Å². The molecule has 0 aliphatic heterocycles. The van der Waals surface area contributed by atoms with E-state index in [9.17, 15) is 18.0 Å². The molecule has 2 N–H and O–H groups in total. The second-order valence-electron chi connectivity index (χ2n) is 5.31. The molecule has 2 aromatic carbocycles. The lowest BCUT2D eigenvalue weighted by atomic mass is 10.1. The molecule has 2 aromatic rings. The highest BCUT2D eigenvalue weighted by molar-refractivity contribution is 5.76. The number of halogens is 3. The first-order valence-electron chi connectivity index (χ1n) is 7.56. The Balaban J connectivity index is 1.85. The lowest BCUT2D eigenvalue weighted by Crippen LogP contribution is -2.24. The highest BCUT2D eigenvalue weighted by atomic mass is 19.4. The van der Waals surface area contributed by atoms with E-state index >= 15 is 0 Å². The maximum Gasteiger partial charge on any atom is 0.416 e. The summed E-state index contributed by atoms with van der Waals surface area (Å²) in [6.45, 7) is 0.615. The summed E-state index contributed by atoms with van der Waals surface area (Å²) in [7, 11) is 0. The van der Waals surface area contributed by atoms with Gasteiger partial charge in [0.2, 0.25) is 5.91 Å². The number of carbonyl (C=O) groups excluding carboxylic acids is 1. The van der Waals surface area contributed by atoms with Crippen LogP contribution in [0.1, 0.15) is 23.1 Å². The molecule has 0 unspecified atom stereocenters. The minimum absolute atomic E-state index is 0.112. The van der Waals surface area contributed by atoms with E-state index in [4.69, 9.17) is 5.26 Å². The number of nitrogens with one attached hydrogen (secondary N) is 2. The zero-order valence-electron chi connectivity index (χ0n) is 13.2. The van der Waals surface area contributed by atoms with Crippen LogP contribution in [0.15, 0.2) is 48.5 Å². The van der Waals surface area contributed by atoms with Crippen LogP contribution in [0.4, 0.5) is 18.9 Å². The zero-order valence-corrected chi connectivity index (χ0v) is 13.2. The van der Waals surface area contributed by atoms with Crippen molar-refractivity contribution < 1.29 is 18.0 Å². The number of anilines is 1. The number of carbonyl (C=O) groups is 1. The molecule has 1 amide bonds. The SMILES string of the molecule is N#Cc1cc(C(F)(F)F)ccc1NCCC(=O)NCc1ccccc1. The van der Waals surface area contributed by atoms with Gasteiger partial charge in [-0.1, -0.05) is 30.3 Å². The lowest BCUT2D eigenvalue weighted by molar-refractivity contribution is -0.137. The third-order valence-corrected chi connectivity index (χ3v) is 3.47. The molecule has 0 saturated carbocycles. The van der Waals surface area contributed by atoms with E-state index in [-0.39, 0.29) is 30.1 Å². The number of nitriles is 1. The Hall–Kier alpha value is -3.01. The van der Waals surface area contributed by atoms with Crippen LogP contribution >= 0.6 is 0 Å². The van der Waals surface area contributed by atoms with Crippen LogP contribution in [0.2, 0.25) is 0 Å². The average molecular weight is 347 g/mol. The highest BCUT2D eigenvalue weighted by Gasteiger charge is 2.31. The fourth-order valence-corrected chi connectivity index (χ4v) is 2.16. The number of alkyl halides is 3. The summed E-state index contributed by atoms with van der Waals surface area (Å²) in [5.74, 6) is -0.193. The topological polar surface area (TPSA) is 64.9 Å². The van der Waals surface area contributed by atoms with Crippen molar-refractivity contribution in [2.24, 2.45) is 0 Å². The first kappa shape index (κ1) is 18.3. The molecule has 0 bridgehead atoms. The molecule has 0 spiro atoms. The normalized spacial score (nSPS) is 10.8. The van der Waals surface area contributed by atoms with E-state index in [1.807, 2.05) is 30.3 Å². The van der Waals surface area contributed by atoms with Gasteiger partial charge in [-0.05, 0) is 23.8 Å². The zero-order chi connectivity index (χ0) is 18.3. The maximum atomic E-state index is 12.6. The largest absolute Gasteiger partial charge is 0.416 e. The smallest absolute Gasteiger partial charge is 0.383 e. The molecule has 0 heterocycles. The van der Waals surface area contributed by atoms with Crippen LogP contribution in [0.5, 0.6) is 0 Å². The van der Waals surface area contributed by atoms with E-state index in [1.165, 1.54) is 6.07 Å². The molecule has 130 valence electrons. The summed E-state index contributed by atoms with van der Waals surface area (Å²) in [5, 5.41) is 14.6. The van der Waals surface area contributed by atoms with Gasteiger partial charge in [-0.15, -0.1) is 0 Å². The van der Waals surface area contributed by atoms with Gasteiger partial charge in [0.15, 0.2) is 0 Å². The number of hydrogen-bond donors (Lipinski definition) is 2. The van der Waals surface area contributed by atoms with Gasteiger partial charge in [-0.25, -0.2) is 0 Å². The van der Waals surface area contributed by atoms with Gasteiger partial charge >= 0.3 is 6.18 Å². The maximum absolute atomic E-state index is 12.6. The van der Waals surface area contributed by atoms with Crippen LogP contribution in [-0.4, -0.2) is 12.5 Å². The standard InChI is InChI=1S/C18H16F3N3O/c19-18(20,21)15-6-7-16(14(10-15)11-22)23-9-8-17(25)24-12-13-4-2-1-3-5-13/h1-7,10,23H,8-9,12H2,(H,24,25). The van der Waals surface area contributed by atoms with Gasteiger partial charge in [0.25, 0.3) is 0 Å². The minimum atomic E-state index is -4.50. The van der Waals surface area contributed by atoms with E-state index in [0.717, 1.165) is 17.7 Å². The average Bonchev–Trinajstić information content (AvgIpc) is 2.60. The highest BCUT2D eigenvalue weighted by Crippen LogP contribution is 2.31. The van der Waals surface area contributed by atoms with Crippen molar-refractivity contribution in [1.29, 1.82) is 5.26 Å². The van der Waals surface area contributed by atoms with Crippen molar-refractivity contribution >= 4 is 11.6 Å². The molecular weight excluding hydrogens is 331 g/mol. The number of benzene rings is 2. The molecular formula is C18H16F3N3O. The Morgan fingerprint density at radius 2 is 1.84 bits per heavy atom. The fraction of sp³-hybridized carbons (Fsp3) is 0.222. The van der Waals surface area contributed by atoms with Crippen LogP contribution in [-0.2, 0) is 17.5 Å². The summed E-state index contributed by atoms with van der Waals surface area (Å²) in [6, 6.07) is 14.0. The quantitative estimate of drug-likeness (QED) is 0.837. The summed E-state index contributed by atoms with van der Waals surface area (Å²) in [5.41, 5.74) is 0.249.